The van der Waals surface area contributed by atoms with E-state index < -0.39 is 23.3 Å². The molecule has 0 bridgehead atoms. The third-order valence-electron chi connectivity index (χ3n) is 5.59. The summed E-state index contributed by atoms with van der Waals surface area (Å²) < 4.78 is 64.3. The maximum Gasteiger partial charge on any atom is 0.287 e. The van der Waals surface area contributed by atoms with Crippen molar-refractivity contribution in [3.8, 4) is 22.6 Å². The van der Waals surface area contributed by atoms with E-state index in [1.165, 1.54) is 25.3 Å². The highest BCUT2D eigenvalue weighted by atomic mass is 19.3. The standard InChI is InChI=1S/C25H20F4N6O/c1-14-12-34(13-30-14)20-8-5-16(11-21(20)36-3)31-24-32-23-17(15-4-7-18(26)19(27)10-15)6-9-22(25(2,28)29)35(23)33-24/h4-13H,1-3H3,(H,31,33). The molecule has 0 aliphatic carbocycles. The van der Waals surface area contributed by atoms with Gasteiger partial charge in [-0.1, -0.05) is 6.07 Å². The average Bonchev–Trinajstić information content (AvgIpc) is 3.45. The van der Waals surface area contributed by atoms with Gasteiger partial charge in [-0.2, -0.15) is 13.8 Å². The number of fused-ring (bicyclic) bond motifs is 1. The molecule has 0 radical (unpaired) electrons. The first-order valence-corrected chi connectivity index (χ1v) is 10.8. The molecule has 0 saturated heterocycles. The number of halogens is 4. The Morgan fingerprint density at radius 3 is 2.47 bits per heavy atom. The van der Waals surface area contributed by atoms with Crippen molar-refractivity contribution in [2.45, 2.75) is 19.8 Å². The van der Waals surface area contributed by atoms with Gasteiger partial charge in [0.05, 0.1) is 24.8 Å². The Morgan fingerprint density at radius 1 is 1.00 bits per heavy atom. The fourth-order valence-corrected chi connectivity index (χ4v) is 3.89. The second-order valence-corrected chi connectivity index (χ2v) is 8.25. The summed E-state index contributed by atoms with van der Waals surface area (Å²) in [7, 11) is 1.53. The van der Waals surface area contributed by atoms with Gasteiger partial charge in [0.15, 0.2) is 17.3 Å². The predicted octanol–water partition coefficient (Wildman–Crippen LogP) is 6.03. The summed E-state index contributed by atoms with van der Waals surface area (Å²) in [6.07, 6.45) is 3.51. The van der Waals surface area contributed by atoms with Crippen LogP contribution >= 0.6 is 0 Å². The van der Waals surface area contributed by atoms with Crippen LogP contribution in [0.3, 0.4) is 0 Å². The number of pyridine rings is 1. The largest absolute Gasteiger partial charge is 0.494 e. The van der Waals surface area contributed by atoms with Crippen LogP contribution in [-0.4, -0.2) is 31.3 Å². The van der Waals surface area contributed by atoms with Gasteiger partial charge in [-0.25, -0.2) is 18.3 Å². The molecule has 0 fully saturated rings. The minimum atomic E-state index is -3.23. The van der Waals surface area contributed by atoms with Crippen LogP contribution in [0.25, 0.3) is 22.5 Å². The van der Waals surface area contributed by atoms with Crippen LogP contribution in [0.5, 0.6) is 5.75 Å². The van der Waals surface area contributed by atoms with E-state index in [1.807, 2.05) is 17.7 Å². The van der Waals surface area contributed by atoms with E-state index in [4.69, 9.17) is 4.74 Å². The highest BCUT2D eigenvalue weighted by Crippen LogP contribution is 2.34. The van der Waals surface area contributed by atoms with Gasteiger partial charge in [0, 0.05) is 30.4 Å². The first-order valence-electron chi connectivity index (χ1n) is 10.8. The topological polar surface area (TPSA) is 69.3 Å². The predicted molar refractivity (Wildman–Crippen MR) is 126 cm³/mol. The Labute approximate surface area is 203 Å². The smallest absolute Gasteiger partial charge is 0.287 e. The highest BCUT2D eigenvalue weighted by molar-refractivity contribution is 5.79. The normalized spacial score (nSPS) is 11.8. The van der Waals surface area contributed by atoms with E-state index in [0.29, 0.717) is 17.0 Å². The summed E-state index contributed by atoms with van der Waals surface area (Å²) >= 11 is 0. The Kier molecular flexibility index (Phi) is 5.62. The first kappa shape index (κ1) is 23.3. The molecule has 5 rings (SSSR count). The molecule has 0 unspecified atom stereocenters. The van der Waals surface area contributed by atoms with Crippen LogP contribution in [0.4, 0.5) is 29.2 Å². The number of aromatic nitrogens is 5. The number of hydrogen-bond acceptors (Lipinski definition) is 5. The number of rotatable bonds is 6. The van der Waals surface area contributed by atoms with Crippen molar-refractivity contribution in [1.29, 1.82) is 0 Å². The van der Waals surface area contributed by atoms with Gasteiger partial charge >= 0.3 is 0 Å². The number of imidazole rings is 1. The molecule has 5 aromatic rings. The molecule has 3 aromatic heterocycles. The molecule has 7 nitrogen and oxygen atoms in total. The quantitative estimate of drug-likeness (QED) is 0.291. The second-order valence-electron chi connectivity index (χ2n) is 8.25. The van der Waals surface area contributed by atoms with Crippen molar-refractivity contribution in [3.63, 3.8) is 0 Å². The van der Waals surface area contributed by atoms with Crippen molar-refractivity contribution < 1.29 is 22.3 Å². The molecule has 0 saturated carbocycles. The lowest BCUT2D eigenvalue weighted by Crippen LogP contribution is -2.14. The zero-order valence-electron chi connectivity index (χ0n) is 19.4. The number of benzene rings is 2. The fraction of sp³-hybridized carbons (Fsp3) is 0.160. The Morgan fingerprint density at radius 2 is 1.81 bits per heavy atom. The highest BCUT2D eigenvalue weighted by Gasteiger charge is 2.30. The summed E-state index contributed by atoms with van der Waals surface area (Å²) in [6, 6.07) is 11.1. The van der Waals surface area contributed by atoms with Crippen molar-refractivity contribution in [3.05, 3.63) is 84.1 Å². The SMILES string of the molecule is COc1cc(Nc2nc3c(-c4ccc(F)c(F)c4)ccc(C(C)(F)F)n3n2)ccc1-n1cnc(C)c1. The number of nitrogens with zero attached hydrogens (tertiary/aromatic N) is 5. The number of anilines is 2. The second kappa shape index (κ2) is 8.67. The van der Waals surface area contributed by atoms with E-state index in [1.54, 1.807) is 24.5 Å². The van der Waals surface area contributed by atoms with E-state index in [9.17, 15) is 17.6 Å². The van der Waals surface area contributed by atoms with Gasteiger partial charge < -0.3 is 14.6 Å². The number of alkyl halides is 2. The van der Waals surface area contributed by atoms with E-state index in [2.05, 4.69) is 20.4 Å². The molecular formula is C25H20F4N6O. The van der Waals surface area contributed by atoms with Gasteiger partial charge in [-0.05, 0) is 48.9 Å². The molecule has 0 spiro atoms. The molecule has 2 aromatic carbocycles. The summed E-state index contributed by atoms with van der Waals surface area (Å²) in [5.41, 5.74) is 2.36. The minimum Gasteiger partial charge on any atom is -0.494 e. The molecular weight excluding hydrogens is 476 g/mol. The monoisotopic (exact) mass is 496 g/mol. The van der Waals surface area contributed by atoms with Gasteiger partial charge in [-0.15, -0.1) is 5.10 Å². The van der Waals surface area contributed by atoms with Crippen molar-refractivity contribution >= 4 is 17.3 Å². The Hall–Kier alpha value is -4.41. The van der Waals surface area contributed by atoms with Gasteiger partial charge in [0.25, 0.3) is 5.92 Å². The Bertz CT molecular complexity index is 1590. The van der Waals surface area contributed by atoms with Crippen molar-refractivity contribution in [1.82, 2.24) is 24.1 Å². The Balaban J connectivity index is 1.58. The molecule has 0 aliphatic rings. The number of aryl methyl sites for hydroxylation is 1. The van der Waals surface area contributed by atoms with E-state index in [-0.39, 0.29) is 17.2 Å². The lowest BCUT2D eigenvalue weighted by Gasteiger charge is -2.13. The molecule has 36 heavy (non-hydrogen) atoms. The van der Waals surface area contributed by atoms with Gasteiger partial charge in [-0.3, -0.25) is 0 Å². The third-order valence-corrected chi connectivity index (χ3v) is 5.59. The first-order chi connectivity index (χ1) is 17.1. The molecule has 0 amide bonds. The van der Waals surface area contributed by atoms with Gasteiger partial charge in [0.2, 0.25) is 5.95 Å². The summed E-state index contributed by atoms with van der Waals surface area (Å²) in [5, 5.41) is 7.23. The molecule has 184 valence electrons. The van der Waals surface area contributed by atoms with Crippen LogP contribution in [-0.2, 0) is 5.92 Å². The fourth-order valence-electron chi connectivity index (χ4n) is 3.89. The molecule has 3 heterocycles. The lowest BCUT2D eigenvalue weighted by molar-refractivity contribution is 0.0106. The molecule has 1 N–H and O–H groups in total. The van der Waals surface area contributed by atoms with Crippen LogP contribution in [0, 0.1) is 18.6 Å². The minimum absolute atomic E-state index is 0.0313. The average molecular weight is 496 g/mol. The van der Waals surface area contributed by atoms with E-state index >= 15 is 0 Å². The number of hydrogen-bond donors (Lipinski definition) is 1. The maximum atomic E-state index is 14.3. The molecule has 0 aliphatic heterocycles. The van der Waals surface area contributed by atoms with Crippen LogP contribution < -0.4 is 10.1 Å². The molecule has 11 heteroatoms. The number of nitrogens with one attached hydrogen (secondary N) is 1. The van der Waals surface area contributed by atoms with Crippen LogP contribution in [0.1, 0.15) is 18.3 Å². The summed E-state index contributed by atoms with van der Waals surface area (Å²) in [6.45, 7) is 2.62. The lowest BCUT2D eigenvalue weighted by atomic mass is 10.1. The zero-order valence-corrected chi connectivity index (χ0v) is 19.4. The summed E-state index contributed by atoms with van der Waals surface area (Å²) in [4.78, 5) is 8.60. The van der Waals surface area contributed by atoms with Crippen LogP contribution in [0.2, 0.25) is 0 Å². The third kappa shape index (κ3) is 4.23. The molecule has 0 atom stereocenters. The summed E-state index contributed by atoms with van der Waals surface area (Å²) in [5.74, 6) is -4.75. The zero-order chi connectivity index (χ0) is 25.6. The maximum absolute atomic E-state index is 14.3. The van der Waals surface area contributed by atoms with Crippen molar-refractivity contribution in [2.24, 2.45) is 0 Å². The van der Waals surface area contributed by atoms with Crippen molar-refractivity contribution in [2.75, 3.05) is 12.4 Å². The number of ether oxygens (including phenoxy) is 1. The number of methoxy groups -OCH3 is 1. The van der Waals surface area contributed by atoms with Gasteiger partial charge in [0.1, 0.15) is 11.4 Å². The van der Waals surface area contributed by atoms with Crippen LogP contribution in [0.15, 0.2) is 61.1 Å². The van der Waals surface area contributed by atoms with E-state index in [0.717, 1.165) is 35.0 Å².